The van der Waals surface area contributed by atoms with Gasteiger partial charge in [-0.25, -0.2) is 4.79 Å². The predicted octanol–water partition coefficient (Wildman–Crippen LogP) is 7.63. The molecule has 40 heavy (non-hydrogen) atoms. The number of thioether (sulfide) groups is 1. The van der Waals surface area contributed by atoms with Crippen LogP contribution in [0.25, 0.3) is 6.08 Å². The molecule has 6 nitrogen and oxygen atoms in total. The highest BCUT2D eigenvalue weighted by Crippen LogP contribution is 2.41. The lowest BCUT2D eigenvalue weighted by atomic mass is 10.1. The Morgan fingerprint density at radius 1 is 1.07 bits per heavy atom. The van der Waals surface area contributed by atoms with Gasteiger partial charge in [-0.2, -0.15) is 0 Å². The Hall–Kier alpha value is -3.14. The second-order valence-electron chi connectivity index (χ2n) is 9.07. The SMILES string of the molecule is CCCOC(=O)C(c1ccccc1)N1C(=O)/C(=C/c2cc(Br)c(OCc3ccc(C)cc3)c(OCC)c2)SC1=S. The normalized spacial score (nSPS) is 14.9. The molecule has 0 aromatic heterocycles. The molecule has 0 bridgehead atoms. The zero-order valence-electron chi connectivity index (χ0n) is 22.5. The smallest absolute Gasteiger partial charge is 0.333 e. The molecule has 3 aromatic carbocycles. The Morgan fingerprint density at radius 2 is 1.80 bits per heavy atom. The Bertz CT molecular complexity index is 1410. The van der Waals surface area contributed by atoms with Crippen LogP contribution >= 0.6 is 39.9 Å². The summed E-state index contributed by atoms with van der Waals surface area (Å²) in [4.78, 5) is 28.5. The maximum absolute atomic E-state index is 13.6. The molecule has 1 fully saturated rings. The fraction of sp³-hybridized carbons (Fsp3) is 0.258. The number of nitrogens with zero attached hydrogens (tertiary/aromatic N) is 1. The van der Waals surface area contributed by atoms with Crippen molar-refractivity contribution in [1.29, 1.82) is 0 Å². The number of amides is 1. The number of halogens is 1. The van der Waals surface area contributed by atoms with E-state index in [1.54, 1.807) is 18.2 Å². The molecule has 1 unspecified atom stereocenters. The Kier molecular flexibility index (Phi) is 10.4. The summed E-state index contributed by atoms with van der Waals surface area (Å²) in [6.45, 7) is 6.95. The molecule has 1 amide bonds. The standard InChI is InChI=1S/C31H30BrNO5S2/c1-4-15-37-30(35)27(23-9-7-6-8-10-23)33-29(34)26(40-31(33)39)18-22-16-24(32)28(25(17-22)36-5-2)38-19-21-13-11-20(3)12-14-21/h6-14,16-18,27H,4-5,15,19H2,1-3H3/b26-18-. The lowest BCUT2D eigenvalue weighted by Crippen LogP contribution is -2.38. The molecular formula is C31H30BrNO5S2. The lowest BCUT2D eigenvalue weighted by Gasteiger charge is -2.25. The highest BCUT2D eigenvalue weighted by molar-refractivity contribution is 9.10. The number of esters is 1. The summed E-state index contributed by atoms with van der Waals surface area (Å²) in [7, 11) is 0. The average molecular weight is 641 g/mol. The van der Waals surface area contributed by atoms with E-state index in [2.05, 4.69) is 15.9 Å². The molecule has 3 aromatic rings. The van der Waals surface area contributed by atoms with Crippen LogP contribution < -0.4 is 9.47 Å². The zero-order valence-corrected chi connectivity index (χ0v) is 25.7. The van der Waals surface area contributed by atoms with E-state index in [4.69, 9.17) is 26.4 Å². The summed E-state index contributed by atoms with van der Waals surface area (Å²) >= 11 is 10.4. The third-order valence-electron chi connectivity index (χ3n) is 6.00. The molecule has 0 radical (unpaired) electrons. The third kappa shape index (κ3) is 7.13. The minimum Gasteiger partial charge on any atom is -0.490 e. The second kappa shape index (κ2) is 14.0. The van der Waals surface area contributed by atoms with Gasteiger partial charge in [-0.1, -0.05) is 91.1 Å². The summed E-state index contributed by atoms with van der Waals surface area (Å²) in [6, 6.07) is 19.9. The van der Waals surface area contributed by atoms with Crippen molar-refractivity contribution in [3.63, 3.8) is 0 Å². The summed E-state index contributed by atoms with van der Waals surface area (Å²) in [5.41, 5.74) is 3.58. The molecule has 1 atom stereocenters. The molecule has 4 rings (SSSR count). The van der Waals surface area contributed by atoms with E-state index >= 15 is 0 Å². The highest BCUT2D eigenvalue weighted by atomic mass is 79.9. The molecule has 0 aliphatic carbocycles. The molecule has 1 aliphatic rings. The van der Waals surface area contributed by atoms with Crippen molar-refractivity contribution in [2.45, 2.75) is 39.8 Å². The number of ether oxygens (including phenoxy) is 3. The summed E-state index contributed by atoms with van der Waals surface area (Å²) in [6.07, 6.45) is 2.42. The lowest BCUT2D eigenvalue weighted by molar-refractivity contribution is -0.151. The number of carbonyl (C=O) groups is 2. The van der Waals surface area contributed by atoms with Crippen LogP contribution in [0.2, 0.25) is 0 Å². The van der Waals surface area contributed by atoms with Gasteiger partial charge < -0.3 is 14.2 Å². The van der Waals surface area contributed by atoms with Gasteiger partial charge in [0, 0.05) is 0 Å². The summed E-state index contributed by atoms with van der Waals surface area (Å²) in [5, 5.41) is 0. The van der Waals surface area contributed by atoms with Crippen LogP contribution in [0.15, 0.2) is 76.1 Å². The maximum Gasteiger partial charge on any atom is 0.333 e. The Balaban J connectivity index is 1.61. The Labute approximate surface area is 252 Å². The van der Waals surface area contributed by atoms with E-state index < -0.39 is 12.0 Å². The highest BCUT2D eigenvalue weighted by Gasteiger charge is 2.42. The molecule has 0 saturated carbocycles. The van der Waals surface area contributed by atoms with Crippen LogP contribution in [-0.4, -0.2) is 34.3 Å². The van der Waals surface area contributed by atoms with Gasteiger partial charge >= 0.3 is 5.97 Å². The van der Waals surface area contributed by atoms with Crippen molar-refractivity contribution in [3.8, 4) is 11.5 Å². The van der Waals surface area contributed by atoms with Crippen molar-refractivity contribution in [2.75, 3.05) is 13.2 Å². The fourth-order valence-electron chi connectivity index (χ4n) is 4.08. The number of hydrogen-bond acceptors (Lipinski definition) is 7. The van der Waals surface area contributed by atoms with Crippen LogP contribution in [0.1, 0.15) is 48.6 Å². The number of rotatable bonds is 11. The number of aryl methyl sites for hydroxylation is 1. The number of thiocarbonyl (C=S) groups is 1. The van der Waals surface area contributed by atoms with Gasteiger partial charge in [-0.15, -0.1) is 0 Å². The minimum absolute atomic E-state index is 0.263. The molecule has 208 valence electrons. The molecular weight excluding hydrogens is 610 g/mol. The van der Waals surface area contributed by atoms with E-state index in [0.717, 1.165) is 22.9 Å². The molecule has 0 spiro atoms. The largest absolute Gasteiger partial charge is 0.490 e. The third-order valence-corrected chi connectivity index (χ3v) is 7.92. The summed E-state index contributed by atoms with van der Waals surface area (Å²) in [5.74, 6) is 0.263. The quantitative estimate of drug-likeness (QED) is 0.121. The first-order valence-electron chi connectivity index (χ1n) is 13.0. The maximum atomic E-state index is 13.6. The van der Waals surface area contributed by atoms with Crippen molar-refractivity contribution >= 4 is 62.2 Å². The van der Waals surface area contributed by atoms with Crippen molar-refractivity contribution in [2.24, 2.45) is 0 Å². The van der Waals surface area contributed by atoms with Crippen LogP contribution in [0.3, 0.4) is 0 Å². The first kappa shape index (κ1) is 29.8. The Morgan fingerprint density at radius 3 is 2.48 bits per heavy atom. The first-order chi connectivity index (χ1) is 19.3. The zero-order chi connectivity index (χ0) is 28.6. The molecule has 9 heteroatoms. The predicted molar refractivity (Wildman–Crippen MR) is 166 cm³/mol. The number of benzene rings is 3. The van der Waals surface area contributed by atoms with Crippen LogP contribution in [0.4, 0.5) is 0 Å². The van der Waals surface area contributed by atoms with Crippen LogP contribution in [-0.2, 0) is 20.9 Å². The number of hydrogen-bond donors (Lipinski definition) is 0. The van der Waals surface area contributed by atoms with Crippen molar-refractivity contribution in [3.05, 3.63) is 98.4 Å². The topological polar surface area (TPSA) is 65.1 Å². The van der Waals surface area contributed by atoms with Crippen LogP contribution in [0.5, 0.6) is 11.5 Å². The molecule has 1 aliphatic heterocycles. The van der Waals surface area contributed by atoms with E-state index in [9.17, 15) is 9.59 Å². The fourth-order valence-corrected chi connectivity index (χ4v) is 5.96. The first-order valence-corrected chi connectivity index (χ1v) is 15.0. The average Bonchev–Trinajstić information content (AvgIpc) is 3.21. The minimum atomic E-state index is -0.963. The van der Waals surface area contributed by atoms with E-state index in [1.165, 1.54) is 10.5 Å². The molecule has 1 heterocycles. The monoisotopic (exact) mass is 639 g/mol. The second-order valence-corrected chi connectivity index (χ2v) is 11.6. The molecule has 0 N–H and O–H groups in total. The van der Waals surface area contributed by atoms with Gasteiger partial charge in [-0.3, -0.25) is 9.69 Å². The van der Waals surface area contributed by atoms with Crippen molar-refractivity contribution < 1.29 is 23.8 Å². The number of carbonyl (C=O) groups excluding carboxylic acids is 2. The van der Waals surface area contributed by atoms with Gasteiger partial charge in [0.05, 0.1) is 22.6 Å². The van der Waals surface area contributed by atoms with Gasteiger partial charge in [0.2, 0.25) is 0 Å². The van der Waals surface area contributed by atoms with E-state index in [1.807, 2.05) is 75.4 Å². The van der Waals surface area contributed by atoms with E-state index in [0.29, 0.717) is 50.4 Å². The van der Waals surface area contributed by atoms with Gasteiger partial charge in [0.25, 0.3) is 5.91 Å². The molecule has 1 saturated heterocycles. The van der Waals surface area contributed by atoms with E-state index in [-0.39, 0.29) is 12.5 Å². The summed E-state index contributed by atoms with van der Waals surface area (Å²) < 4.78 is 18.4. The van der Waals surface area contributed by atoms with Crippen LogP contribution in [0, 0.1) is 6.92 Å². The van der Waals surface area contributed by atoms with Crippen molar-refractivity contribution in [1.82, 2.24) is 4.90 Å². The van der Waals surface area contributed by atoms with Gasteiger partial charge in [-0.05, 0) is 71.1 Å². The van der Waals surface area contributed by atoms with Gasteiger partial charge in [0.15, 0.2) is 17.5 Å². The van der Waals surface area contributed by atoms with Gasteiger partial charge in [0.1, 0.15) is 10.9 Å².